The summed E-state index contributed by atoms with van der Waals surface area (Å²) >= 11 is 3.34. The number of aliphatic hydroxyl groups is 1. The Kier molecular flexibility index (Phi) is 2.05. The monoisotopic (exact) mass is 231 g/mol. The van der Waals surface area contributed by atoms with E-state index in [1.807, 2.05) is 0 Å². The predicted octanol–water partition coefficient (Wildman–Crippen LogP) is 1.35. The molecule has 2 rings (SSSR count). The minimum absolute atomic E-state index is 0.0932. The van der Waals surface area contributed by atoms with E-state index in [1.165, 1.54) is 12.8 Å². The number of rotatable bonds is 2. The Morgan fingerprint density at radius 2 is 2.33 bits per heavy atom. The van der Waals surface area contributed by atoms with Crippen molar-refractivity contribution in [2.75, 3.05) is 19.6 Å². The van der Waals surface area contributed by atoms with Gasteiger partial charge in [0.2, 0.25) is 0 Å². The summed E-state index contributed by atoms with van der Waals surface area (Å²) in [7, 11) is 0. The lowest BCUT2D eigenvalue weighted by Crippen LogP contribution is -2.22. The van der Waals surface area contributed by atoms with Gasteiger partial charge in [0.05, 0.1) is 6.10 Å². The molecule has 1 saturated carbocycles. The number of hydrogen-bond acceptors (Lipinski definition) is 2. The third kappa shape index (κ3) is 1.45. The van der Waals surface area contributed by atoms with Crippen LogP contribution in [0, 0.1) is 5.41 Å². The van der Waals surface area contributed by atoms with E-state index in [-0.39, 0.29) is 11.5 Å². The summed E-state index contributed by atoms with van der Waals surface area (Å²) in [5.74, 6) is 0. The van der Waals surface area contributed by atoms with Crippen molar-refractivity contribution in [3.63, 3.8) is 0 Å². The molecule has 1 aliphatic heterocycles. The van der Waals surface area contributed by atoms with E-state index < -0.39 is 0 Å². The number of likely N-dealkylation sites (tertiary alicyclic amines) is 1. The zero-order valence-electron chi connectivity index (χ0n) is 7.09. The van der Waals surface area contributed by atoms with Crippen molar-refractivity contribution in [1.82, 2.24) is 4.90 Å². The molecular formula is C9H14BrNO. The Hall–Kier alpha value is 0.140. The Morgan fingerprint density at radius 1 is 1.67 bits per heavy atom. The molecule has 0 radical (unpaired) electrons. The molecule has 1 N–H and O–H groups in total. The first kappa shape index (κ1) is 8.73. The van der Waals surface area contributed by atoms with Crippen molar-refractivity contribution < 1.29 is 5.11 Å². The smallest absolute Gasteiger partial charge is 0.0735 e. The Balaban J connectivity index is 1.93. The van der Waals surface area contributed by atoms with Crippen LogP contribution in [0.2, 0.25) is 0 Å². The van der Waals surface area contributed by atoms with Crippen LogP contribution in [0.5, 0.6) is 0 Å². The van der Waals surface area contributed by atoms with Gasteiger partial charge in [0, 0.05) is 29.5 Å². The molecule has 0 bridgehead atoms. The van der Waals surface area contributed by atoms with Crippen LogP contribution in [0.4, 0.5) is 0 Å². The molecule has 3 heteroatoms. The van der Waals surface area contributed by atoms with Gasteiger partial charge in [-0.3, -0.25) is 4.90 Å². The topological polar surface area (TPSA) is 23.5 Å². The fourth-order valence-corrected chi connectivity index (χ4v) is 2.42. The third-order valence-electron chi connectivity index (χ3n) is 2.96. The molecule has 2 fully saturated rings. The maximum atomic E-state index is 9.72. The number of β-amino-alcohol motifs (C(OH)–C–C–N with tert-alkyl or cyclic N) is 1. The molecule has 1 heterocycles. The molecule has 2 aliphatic rings. The number of aliphatic hydroxyl groups excluding tert-OH is 1. The quantitative estimate of drug-likeness (QED) is 0.776. The molecule has 1 aliphatic carbocycles. The summed E-state index contributed by atoms with van der Waals surface area (Å²) in [5, 5.41) is 9.72. The van der Waals surface area contributed by atoms with Crippen LogP contribution in [0.1, 0.15) is 12.8 Å². The van der Waals surface area contributed by atoms with E-state index in [0.29, 0.717) is 0 Å². The fraction of sp³-hybridized carbons (Fsp3) is 0.778. The molecule has 2 nitrogen and oxygen atoms in total. The van der Waals surface area contributed by atoms with Gasteiger partial charge in [0.25, 0.3) is 0 Å². The van der Waals surface area contributed by atoms with Gasteiger partial charge >= 0.3 is 0 Å². The van der Waals surface area contributed by atoms with E-state index in [0.717, 1.165) is 24.1 Å². The van der Waals surface area contributed by atoms with Crippen LogP contribution >= 0.6 is 15.9 Å². The first-order valence-electron chi connectivity index (χ1n) is 4.36. The van der Waals surface area contributed by atoms with Crippen molar-refractivity contribution in [3.05, 3.63) is 11.1 Å². The van der Waals surface area contributed by atoms with Crippen molar-refractivity contribution in [2.45, 2.75) is 18.9 Å². The predicted molar refractivity (Wildman–Crippen MR) is 52.2 cm³/mol. The first-order valence-corrected chi connectivity index (χ1v) is 5.15. The zero-order valence-corrected chi connectivity index (χ0v) is 8.68. The molecule has 12 heavy (non-hydrogen) atoms. The first-order chi connectivity index (χ1) is 5.62. The van der Waals surface area contributed by atoms with Crippen molar-refractivity contribution in [2.24, 2.45) is 5.41 Å². The second-order valence-corrected chi connectivity index (χ2v) is 5.19. The highest BCUT2D eigenvalue weighted by Crippen LogP contribution is 2.52. The van der Waals surface area contributed by atoms with Gasteiger partial charge in [0.1, 0.15) is 0 Å². The fourth-order valence-electron chi connectivity index (χ4n) is 2.07. The molecule has 1 atom stereocenters. The maximum absolute atomic E-state index is 9.72. The molecule has 0 amide bonds. The highest BCUT2D eigenvalue weighted by atomic mass is 79.9. The second-order valence-electron chi connectivity index (χ2n) is 4.07. The van der Waals surface area contributed by atoms with E-state index >= 15 is 0 Å². The van der Waals surface area contributed by atoms with Gasteiger partial charge < -0.3 is 5.11 Å². The second kappa shape index (κ2) is 2.82. The van der Waals surface area contributed by atoms with Gasteiger partial charge in [-0.15, -0.1) is 0 Å². The average Bonchev–Trinajstić information content (AvgIpc) is 2.60. The van der Waals surface area contributed by atoms with E-state index in [2.05, 4.69) is 27.4 Å². The molecule has 0 aromatic heterocycles. The normalized spacial score (nSPS) is 32.7. The van der Waals surface area contributed by atoms with Crippen LogP contribution in [0.3, 0.4) is 0 Å². The summed E-state index contributed by atoms with van der Waals surface area (Å²) in [6, 6.07) is 0. The molecule has 68 valence electrons. The van der Waals surface area contributed by atoms with Crippen molar-refractivity contribution in [3.8, 4) is 0 Å². The Labute approximate surface area is 81.4 Å². The van der Waals surface area contributed by atoms with E-state index in [4.69, 9.17) is 0 Å². The van der Waals surface area contributed by atoms with Gasteiger partial charge in [-0.2, -0.15) is 0 Å². The summed E-state index contributed by atoms with van der Waals surface area (Å²) in [4.78, 5) is 2.27. The maximum Gasteiger partial charge on any atom is 0.0735 e. The molecule has 1 unspecified atom stereocenters. The zero-order chi connectivity index (χ0) is 8.77. The summed E-state index contributed by atoms with van der Waals surface area (Å²) in [5.41, 5.74) is 0.280. The van der Waals surface area contributed by atoms with Crippen LogP contribution in [-0.2, 0) is 0 Å². The Morgan fingerprint density at radius 3 is 2.75 bits per heavy atom. The lowest BCUT2D eigenvalue weighted by molar-refractivity contribution is 0.132. The number of nitrogens with zero attached hydrogens (tertiary/aromatic N) is 1. The average molecular weight is 232 g/mol. The largest absolute Gasteiger partial charge is 0.391 e. The van der Waals surface area contributed by atoms with Crippen molar-refractivity contribution in [1.29, 1.82) is 0 Å². The molecule has 0 aromatic rings. The van der Waals surface area contributed by atoms with Gasteiger partial charge in [0.15, 0.2) is 0 Å². The molecule has 0 aromatic carbocycles. The Bertz CT molecular complexity index is 213. The lowest BCUT2D eigenvalue weighted by Gasteiger charge is -2.13. The van der Waals surface area contributed by atoms with Crippen LogP contribution < -0.4 is 0 Å². The van der Waals surface area contributed by atoms with E-state index in [1.54, 1.807) is 0 Å². The SMILES string of the molecule is C=C(Br)CN1CC(O)C2(CC2)C1. The van der Waals surface area contributed by atoms with Crippen LogP contribution in [0.15, 0.2) is 11.1 Å². The van der Waals surface area contributed by atoms with Gasteiger partial charge in [-0.25, -0.2) is 0 Å². The van der Waals surface area contributed by atoms with Crippen molar-refractivity contribution >= 4 is 15.9 Å². The minimum Gasteiger partial charge on any atom is -0.391 e. The minimum atomic E-state index is -0.0932. The lowest BCUT2D eigenvalue weighted by atomic mass is 10.0. The molecule has 1 saturated heterocycles. The van der Waals surface area contributed by atoms with E-state index in [9.17, 15) is 5.11 Å². The van der Waals surface area contributed by atoms with Crippen LogP contribution in [0.25, 0.3) is 0 Å². The third-order valence-corrected chi connectivity index (χ3v) is 3.21. The highest BCUT2D eigenvalue weighted by molar-refractivity contribution is 9.11. The van der Waals surface area contributed by atoms with Gasteiger partial charge in [-0.05, 0) is 12.8 Å². The summed E-state index contributed by atoms with van der Waals surface area (Å²) < 4.78 is 1.01. The molecular weight excluding hydrogens is 218 g/mol. The standard InChI is InChI=1S/C9H14BrNO/c1-7(10)4-11-5-8(12)9(6-11)2-3-9/h8,12H,1-6H2. The number of halogens is 1. The van der Waals surface area contributed by atoms with Gasteiger partial charge in [-0.1, -0.05) is 22.5 Å². The summed E-state index contributed by atoms with van der Waals surface area (Å²) in [6.45, 7) is 6.56. The summed E-state index contributed by atoms with van der Waals surface area (Å²) in [6.07, 6.45) is 2.32. The van der Waals surface area contributed by atoms with Crippen LogP contribution in [-0.4, -0.2) is 35.7 Å². The highest BCUT2D eigenvalue weighted by Gasteiger charge is 2.54. The number of hydrogen-bond donors (Lipinski definition) is 1. The molecule has 1 spiro atoms.